The molecule has 0 aliphatic rings. The van der Waals surface area contributed by atoms with Crippen LogP contribution in [0.25, 0.3) is 11.1 Å². The molecule has 0 aromatic heterocycles. The fourth-order valence-corrected chi connectivity index (χ4v) is 2.33. The average Bonchev–Trinajstić information content (AvgIpc) is 2.53. The van der Waals surface area contributed by atoms with Gasteiger partial charge in [0.2, 0.25) is 0 Å². The van der Waals surface area contributed by atoms with Crippen LogP contribution < -0.4 is 10.1 Å². The molecule has 0 heterocycles. The number of hydrogen-bond donors (Lipinski definition) is 2. The minimum absolute atomic E-state index is 0.0472. The van der Waals surface area contributed by atoms with E-state index in [0.29, 0.717) is 11.6 Å². The lowest BCUT2D eigenvalue weighted by Crippen LogP contribution is -2.28. The monoisotopic (exact) mass is 397 g/mol. The number of ether oxygens (including phenoxy) is 2. The lowest BCUT2D eigenvalue weighted by atomic mass is 10.0. The fourth-order valence-electron chi connectivity index (χ4n) is 2.33. The largest absolute Gasteiger partial charge is 0.573 e. The van der Waals surface area contributed by atoms with Crippen LogP contribution in [0.2, 0.25) is 0 Å². The predicted molar refractivity (Wildman–Crippen MR) is 95.4 cm³/mol. The molecule has 0 unspecified atom stereocenters. The van der Waals surface area contributed by atoms with Gasteiger partial charge in [0.05, 0.1) is 11.3 Å². The lowest BCUT2D eigenvalue weighted by Gasteiger charge is -2.21. The molecule has 6 nitrogen and oxygen atoms in total. The molecule has 0 bridgehead atoms. The molecule has 0 aliphatic heterocycles. The first-order chi connectivity index (χ1) is 12.9. The van der Waals surface area contributed by atoms with Crippen LogP contribution in [0.4, 0.5) is 23.7 Å². The smallest absolute Gasteiger partial charge is 0.478 e. The second-order valence-corrected chi connectivity index (χ2v) is 6.74. The van der Waals surface area contributed by atoms with E-state index in [-0.39, 0.29) is 11.3 Å². The Bertz CT molecular complexity index is 874. The fraction of sp³-hybridized carbons (Fsp3) is 0.263. The molecular formula is C19H18F3NO5. The summed E-state index contributed by atoms with van der Waals surface area (Å²) in [7, 11) is 0. The average molecular weight is 397 g/mol. The van der Waals surface area contributed by atoms with Crippen molar-refractivity contribution in [3.8, 4) is 16.9 Å². The number of benzene rings is 2. The van der Waals surface area contributed by atoms with E-state index in [9.17, 15) is 27.9 Å². The molecule has 0 aliphatic carbocycles. The topological polar surface area (TPSA) is 84.9 Å². The van der Waals surface area contributed by atoms with E-state index in [1.807, 2.05) is 0 Å². The summed E-state index contributed by atoms with van der Waals surface area (Å²) in [4.78, 5) is 23.6. The second-order valence-electron chi connectivity index (χ2n) is 6.74. The maximum Gasteiger partial charge on any atom is 0.573 e. The zero-order chi connectivity index (χ0) is 21.1. The summed E-state index contributed by atoms with van der Waals surface area (Å²) in [6.45, 7) is 4.83. The number of aromatic carboxylic acids is 1. The van der Waals surface area contributed by atoms with Crippen molar-refractivity contribution in [3.05, 3.63) is 48.0 Å². The summed E-state index contributed by atoms with van der Waals surface area (Å²) in [5, 5.41) is 11.6. The summed E-state index contributed by atoms with van der Waals surface area (Å²) in [6, 6.07) is 9.72. The molecule has 2 aromatic carbocycles. The Kier molecular flexibility index (Phi) is 5.86. The Morgan fingerprint density at radius 3 is 2.14 bits per heavy atom. The van der Waals surface area contributed by atoms with Crippen LogP contribution in [0.15, 0.2) is 42.5 Å². The number of carboxylic acids is 1. The van der Waals surface area contributed by atoms with Gasteiger partial charge in [-0.15, -0.1) is 13.2 Å². The van der Waals surface area contributed by atoms with E-state index >= 15 is 0 Å². The maximum atomic E-state index is 12.8. The van der Waals surface area contributed by atoms with Gasteiger partial charge in [-0.1, -0.05) is 30.3 Å². The third kappa shape index (κ3) is 5.90. The molecule has 150 valence electrons. The lowest BCUT2D eigenvalue weighted by molar-refractivity contribution is -0.274. The van der Waals surface area contributed by atoms with Gasteiger partial charge in [-0.25, -0.2) is 9.59 Å². The van der Waals surface area contributed by atoms with Gasteiger partial charge < -0.3 is 14.6 Å². The SMILES string of the molecule is CC(C)(C)OC(=O)Nc1cc(-c2ccccc2)c(OC(F)(F)F)cc1C(=O)O. The zero-order valence-corrected chi connectivity index (χ0v) is 15.3. The number of nitrogens with one attached hydrogen (secondary N) is 1. The minimum atomic E-state index is -5.03. The second kappa shape index (κ2) is 7.79. The van der Waals surface area contributed by atoms with Gasteiger partial charge >= 0.3 is 18.4 Å². The Labute approximate surface area is 158 Å². The Morgan fingerprint density at radius 2 is 1.64 bits per heavy atom. The molecule has 0 radical (unpaired) electrons. The zero-order valence-electron chi connectivity index (χ0n) is 15.3. The number of carboxylic acid groups (broad SMARTS) is 1. The number of rotatable bonds is 4. The van der Waals surface area contributed by atoms with Crippen LogP contribution in [0.5, 0.6) is 5.75 Å². The van der Waals surface area contributed by atoms with Crippen molar-refractivity contribution in [1.29, 1.82) is 0 Å². The van der Waals surface area contributed by atoms with Crippen molar-refractivity contribution >= 4 is 17.7 Å². The predicted octanol–water partition coefficient (Wildman–Crippen LogP) is 5.30. The molecule has 0 saturated heterocycles. The van der Waals surface area contributed by atoms with E-state index in [2.05, 4.69) is 10.1 Å². The highest BCUT2D eigenvalue weighted by atomic mass is 19.4. The van der Waals surface area contributed by atoms with Crippen LogP contribution in [-0.2, 0) is 4.74 Å². The maximum absolute atomic E-state index is 12.8. The molecule has 0 saturated carbocycles. The van der Waals surface area contributed by atoms with E-state index in [1.165, 1.54) is 12.1 Å². The third-order valence-electron chi connectivity index (χ3n) is 3.30. The molecule has 2 aromatic rings. The summed E-state index contributed by atoms with van der Waals surface area (Å²) in [5.41, 5.74) is -1.37. The normalized spacial score (nSPS) is 11.6. The first-order valence-corrected chi connectivity index (χ1v) is 8.08. The van der Waals surface area contributed by atoms with Gasteiger partial charge in [-0.05, 0) is 38.5 Å². The Hall–Kier alpha value is -3.23. The van der Waals surface area contributed by atoms with Gasteiger partial charge in [0.1, 0.15) is 11.4 Å². The number of amides is 1. The van der Waals surface area contributed by atoms with Gasteiger partial charge in [-0.2, -0.15) is 0 Å². The van der Waals surface area contributed by atoms with Crippen molar-refractivity contribution in [2.24, 2.45) is 0 Å². The van der Waals surface area contributed by atoms with E-state index < -0.39 is 35.3 Å². The van der Waals surface area contributed by atoms with Crippen molar-refractivity contribution in [2.75, 3.05) is 5.32 Å². The summed E-state index contributed by atoms with van der Waals surface area (Å²) < 4.78 is 47.5. The molecule has 0 spiro atoms. The molecular weight excluding hydrogens is 379 g/mol. The highest BCUT2D eigenvalue weighted by Gasteiger charge is 2.33. The highest BCUT2D eigenvalue weighted by Crippen LogP contribution is 2.38. The van der Waals surface area contributed by atoms with Crippen LogP contribution in [0.1, 0.15) is 31.1 Å². The van der Waals surface area contributed by atoms with Gasteiger partial charge in [0.25, 0.3) is 0 Å². The van der Waals surface area contributed by atoms with Crippen molar-refractivity contribution in [3.63, 3.8) is 0 Å². The molecule has 2 N–H and O–H groups in total. The number of carbonyl (C=O) groups is 2. The van der Waals surface area contributed by atoms with E-state index in [1.54, 1.807) is 39.0 Å². The highest BCUT2D eigenvalue weighted by molar-refractivity contribution is 6.01. The number of halogens is 3. The quantitative estimate of drug-likeness (QED) is 0.732. The summed E-state index contributed by atoms with van der Waals surface area (Å²) >= 11 is 0. The van der Waals surface area contributed by atoms with Crippen molar-refractivity contribution in [1.82, 2.24) is 0 Å². The third-order valence-corrected chi connectivity index (χ3v) is 3.30. The summed E-state index contributed by atoms with van der Waals surface area (Å²) in [5.74, 6) is -2.25. The molecule has 2 rings (SSSR count). The minimum Gasteiger partial charge on any atom is -0.478 e. The van der Waals surface area contributed by atoms with Gasteiger partial charge in [0, 0.05) is 5.56 Å². The molecule has 0 fully saturated rings. The van der Waals surface area contributed by atoms with Crippen LogP contribution >= 0.6 is 0 Å². The first-order valence-electron chi connectivity index (χ1n) is 8.08. The van der Waals surface area contributed by atoms with Crippen molar-refractivity contribution in [2.45, 2.75) is 32.7 Å². The molecule has 0 atom stereocenters. The van der Waals surface area contributed by atoms with Crippen LogP contribution in [0.3, 0.4) is 0 Å². The Morgan fingerprint density at radius 1 is 1.04 bits per heavy atom. The van der Waals surface area contributed by atoms with Gasteiger partial charge in [0.15, 0.2) is 0 Å². The standard InChI is InChI=1S/C19H18F3NO5/c1-18(2,3)28-17(26)23-14-9-12(11-7-5-4-6-8-11)15(27-19(20,21)22)10-13(14)16(24)25/h4-10H,1-3H3,(H,23,26)(H,24,25). The van der Waals surface area contributed by atoms with Gasteiger partial charge in [-0.3, -0.25) is 5.32 Å². The summed E-state index contributed by atoms with van der Waals surface area (Å²) in [6.07, 6.45) is -5.97. The number of hydrogen-bond acceptors (Lipinski definition) is 4. The molecule has 1 amide bonds. The molecule has 28 heavy (non-hydrogen) atoms. The first kappa shape index (κ1) is 21.1. The number of carbonyl (C=O) groups excluding carboxylic acids is 1. The molecule has 9 heteroatoms. The number of alkyl halides is 3. The Balaban J connectivity index is 2.58. The number of anilines is 1. The van der Waals surface area contributed by atoms with Crippen LogP contribution in [0, 0.1) is 0 Å². The van der Waals surface area contributed by atoms with E-state index in [4.69, 9.17) is 4.74 Å². The van der Waals surface area contributed by atoms with E-state index in [0.717, 1.165) is 6.07 Å². The van der Waals surface area contributed by atoms with Crippen molar-refractivity contribution < 1.29 is 37.3 Å². The van der Waals surface area contributed by atoms with Crippen LogP contribution in [-0.4, -0.2) is 29.1 Å².